The lowest BCUT2D eigenvalue weighted by atomic mass is 10.1. The summed E-state index contributed by atoms with van der Waals surface area (Å²) in [7, 11) is 0. The van der Waals surface area contributed by atoms with Gasteiger partial charge in [0, 0.05) is 18.8 Å². The maximum atomic E-state index is 12.6. The summed E-state index contributed by atoms with van der Waals surface area (Å²) in [5, 5.41) is 2.84. The Balaban J connectivity index is 1.63. The molecule has 1 N–H and O–H groups in total. The van der Waals surface area contributed by atoms with Crippen molar-refractivity contribution >= 4 is 11.6 Å². The molecule has 0 bridgehead atoms. The second-order valence-electron chi connectivity index (χ2n) is 6.51. The summed E-state index contributed by atoms with van der Waals surface area (Å²) >= 11 is 0. The SMILES string of the molecule is CCOc1ccc(CC(=O)Nc2cccc3c2CN(CC(F)(F)F)C3)cc1. The number of hydrogen-bond donors (Lipinski definition) is 1. The van der Waals surface area contributed by atoms with Crippen LogP contribution in [0, 0.1) is 0 Å². The fourth-order valence-corrected chi connectivity index (χ4v) is 3.22. The highest BCUT2D eigenvalue weighted by Crippen LogP contribution is 2.31. The number of ether oxygens (including phenoxy) is 1. The Bertz CT molecular complexity index is 804. The van der Waals surface area contributed by atoms with Gasteiger partial charge < -0.3 is 10.1 Å². The average Bonchev–Trinajstić information content (AvgIpc) is 2.98. The van der Waals surface area contributed by atoms with Crippen molar-refractivity contribution < 1.29 is 22.7 Å². The van der Waals surface area contributed by atoms with Gasteiger partial charge in [-0.15, -0.1) is 0 Å². The van der Waals surface area contributed by atoms with Crippen molar-refractivity contribution in [3.8, 4) is 5.75 Å². The smallest absolute Gasteiger partial charge is 0.401 e. The predicted octanol–water partition coefficient (Wildman–Crippen LogP) is 4.14. The van der Waals surface area contributed by atoms with Gasteiger partial charge in [0.15, 0.2) is 0 Å². The fraction of sp³-hybridized carbons (Fsp3) is 0.350. The van der Waals surface area contributed by atoms with Crippen LogP contribution in [0.15, 0.2) is 42.5 Å². The minimum absolute atomic E-state index is 0.175. The zero-order valence-corrected chi connectivity index (χ0v) is 15.0. The minimum Gasteiger partial charge on any atom is -0.494 e. The molecule has 144 valence electrons. The van der Waals surface area contributed by atoms with E-state index in [0.717, 1.165) is 22.4 Å². The highest BCUT2D eigenvalue weighted by Gasteiger charge is 2.34. The zero-order valence-electron chi connectivity index (χ0n) is 15.0. The Hall–Kier alpha value is -2.54. The molecule has 0 saturated carbocycles. The highest BCUT2D eigenvalue weighted by molar-refractivity contribution is 5.93. The third-order valence-electron chi connectivity index (χ3n) is 4.32. The Morgan fingerprint density at radius 3 is 2.56 bits per heavy atom. The predicted molar refractivity (Wildman–Crippen MR) is 96.6 cm³/mol. The summed E-state index contributed by atoms with van der Waals surface area (Å²) < 4.78 is 43.3. The molecule has 1 amide bonds. The summed E-state index contributed by atoms with van der Waals surface area (Å²) in [6.07, 6.45) is -4.05. The van der Waals surface area contributed by atoms with Crippen LogP contribution in [0.1, 0.15) is 23.6 Å². The van der Waals surface area contributed by atoms with E-state index < -0.39 is 12.7 Å². The average molecular weight is 378 g/mol. The molecule has 7 heteroatoms. The Morgan fingerprint density at radius 2 is 1.89 bits per heavy atom. The molecule has 0 aromatic heterocycles. The topological polar surface area (TPSA) is 41.6 Å². The van der Waals surface area contributed by atoms with E-state index in [1.165, 1.54) is 4.90 Å². The second kappa shape index (κ2) is 8.00. The summed E-state index contributed by atoms with van der Waals surface area (Å²) in [6.45, 7) is 1.92. The molecule has 0 saturated heterocycles. The molecule has 2 aromatic carbocycles. The van der Waals surface area contributed by atoms with Crippen LogP contribution in [0.3, 0.4) is 0 Å². The van der Waals surface area contributed by atoms with Gasteiger partial charge in [0.2, 0.25) is 5.91 Å². The van der Waals surface area contributed by atoms with Crippen molar-refractivity contribution in [2.45, 2.75) is 32.6 Å². The molecular weight excluding hydrogens is 357 g/mol. The molecule has 2 aromatic rings. The van der Waals surface area contributed by atoms with E-state index in [9.17, 15) is 18.0 Å². The molecule has 1 heterocycles. The first-order valence-electron chi connectivity index (χ1n) is 8.75. The fourth-order valence-electron chi connectivity index (χ4n) is 3.22. The maximum Gasteiger partial charge on any atom is 0.401 e. The molecule has 0 aliphatic carbocycles. The van der Waals surface area contributed by atoms with Gasteiger partial charge in [0.05, 0.1) is 19.6 Å². The van der Waals surface area contributed by atoms with Gasteiger partial charge in [-0.3, -0.25) is 9.69 Å². The van der Waals surface area contributed by atoms with Crippen LogP contribution < -0.4 is 10.1 Å². The van der Waals surface area contributed by atoms with Crippen molar-refractivity contribution in [3.05, 3.63) is 59.2 Å². The van der Waals surface area contributed by atoms with Crippen LogP contribution in [0.4, 0.5) is 18.9 Å². The van der Waals surface area contributed by atoms with Crippen molar-refractivity contribution in [1.82, 2.24) is 4.90 Å². The first kappa shape index (κ1) is 19.2. The van der Waals surface area contributed by atoms with E-state index in [4.69, 9.17) is 4.74 Å². The lowest BCUT2D eigenvalue weighted by Crippen LogP contribution is -2.30. The molecule has 1 aliphatic rings. The van der Waals surface area contributed by atoms with Crippen LogP contribution in [-0.4, -0.2) is 30.1 Å². The number of anilines is 1. The van der Waals surface area contributed by atoms with E-state index >= 15 is 0 Å². The van der Waals surface area contributed by atoms with Gasteiger partial charge in [-0.1, -0.05) is 24.3 Å². The molecule has 0 fully saturated rings. The lowest BCUT2D eigenvalue weighted by molar-refractivity contribution is -0.147. The van der Waals surface area contributed by atoms with Crippen LogP contribution in [0.2, 0.25) is 0 Å². The number of fused-ring (bicyclic) bond motifs is 1. The molecule has 0 unspecified atom stereocenters. The van der Waals surface area contributed by atoms with Gasteiger partial charge in [0.1, 0.15) is 5.75 Å². The summed E-state index contributed by atoms with van der Waals surface area (Å²) in [5.41, 5.74) is 2.98. The van der Waals surface area contributed by atoms with E-state index in [-0.39, 0.29) is 25.4 Å². The summed E-state index contributed by atoms with van der Waals surface area (Å²) in [5.74, 6) is 0.536. The molecule has 3 rings (SSSR count). The molecule has 27 heavy (non-hydrogen) atoms. The number of halogens is 3. The third-order valence-corrected chi connectivity index (χ3v) is 4.32. The first-order chi connectivity index (χ1) is 12.8. The molecule has 0 spiro atoms. The number of nitrogens with zero attached hydrogens (tertiary/aromatic N) is 1. The van der Waals surface area contributed by atoms with E-state index in [1.54, 1.807) is 30.3 Å². The van der Waals surface area contributed by atoms with Gasteiger partial charge in [-0.25, -0.2) is 0 Å². The lowest BCUT2D eigenvalue weighted by Gasteiger charge is -2.17. The maximum absolute atomic E-state index is 12.6. The molecule has 0 radical (unpaired) electrons. The van der Waals surface area contributed by atoms with E-state index in [1.807, 2.05) is 19.1 Å². The molecule has 0 atom stereocenters. The molecular formula is C20H21F3N2O2. The standard InChI is InChI=1S/C20H21F3N2O2/c1-2-27-16-8-6-14(7-9-16)10-19(26)24-18-5-3-4-15-11-25(12-17(15)18)13-20(21,22)23/h3-9H,2,10-13H2,1H3,(H,24,26). The third kappa shape index (κ3) is 5.23. The van der Waals surface area contributed by atoms with Crippen LogP contribution in [0.25, 0.3) is 0 Å². The van der Waals surface area contributed by atoms with Crippen LogP contribution in [0.5, 0.6) is 5.75 Å². The van der Waals surface area contributed by atoms with Gasteiger partial charge >= 0.3 is 6.18 Å². The Kier molecular flexibility index (Phi) is 5.70. The van der Waals surface area contributed by atoms with Crippen molar-refractivity contribution in [2.75, 3.05) is 18.5 Å². The largest absolute Gasteiger partial charge is 0.494 e. The monoisotopic (exact) mass is 378 g/mol. The number of carbonyl (C=O) groups excluding carboxylic acids is 1. The number of carbonyl (C=O) groups is 1. The number of hydrogen-bond acceptors (Lipinski definition) is 3. The normalized spacial score (nSPS) is 14.1. The van der Waals surface area contributed by atoms with Crippen molar-refractivity contribution in [2.24, 2.45) is 0 Å². The van der Waals surface area contributed by atoms with Crippen LogP contribution >= 0.6 is 0 Å². The second-order valence-corrected chi connectivity index (χ2v) is 6.51. The highest BCUT2D eigenvalue weighted by atomic mass is 19.4. The first-order valence-corrected chi connectivity index (χ1v) is 8.75. The van der Waals surface area contributed by atoms with Crippen LogP contribution in [-0.2, 0) is 24.3 Å². The van der Waals surface area contributed by atoms with Crippen molar-refractivity contribution in [1.29, 1.82) is 0 Å². The minimum atomic E-state index is -4.24. The number of amides is 1. The summed E-state index contributed by atoms with van der Waals surface area (Å²) in [4.78, 5) is 13.7. The number of nitrogens with one attached hydrogen (secondary N) is 1. The molecule has 4 nitrogen and oxygen atoms in total. The van der Waals surface area contributed by atoms with E-state index in [2.05, 4.69) is 5.32 Å². The van der Waals surface area contributed by atoms with Gasteiger partial charge in [-0.05, 0) is 41.8 Å². The number of benzene rings is 2. The Morgan fingerprint density at radius 1 is 1.15 bits per heavy atom. The molecule has 1 aliphatic heterocycles. The number of alkyl halides is 3. The zero-order chi connectivity index (χ0) is 19.4. The van der Waals surface area contributed by atoms with Gasteiger partial charge in [0.25, 0.3) is 0 Å². The summed E-state index contributed by atoms with van der Waals surface area (Å²) in [6, 6.07) is 12.5. The quantitative estimate of drug-likeness (QED) is 0.821. The van der Waals surface area contributed by atoms with Gasteiger partial charge in [-0.2, -0.15) is 13.2 Å². The van der Waals surface area contributed by atoms with Crippen molar-refractivity contribution in [3.63, 3.8) is 0 Å². The van der Waals surface area contributed by atoms with E-state index in [0.29, 0.717) is 12.3 Å². The Labute approximate surface area is 155 Å². The number of rotatable bonds is 6.